The molecule has 0 bridgehead atoms. The molecule has 0 aliphatic rings. The molecule has 2 aromatic rings. The van der Waals surface area contributed by atoms with Crippen LogP contribution in [0.4, 0.5) is 11.4 Å². The summed E-state index contributed by atoms with van der Waals surface area (Å²) in [4.78, 5) is 14.9. The summed E-state index contributed by atoms with van der Waals surface area (Å²) in [5.74, 6) is -0.361. The minimum absolute atomic E-state index is 0.292. The monoisotopic (exact) mass is 281 g/mol. The highest BCUT2D eigenvalue weighted by atomic mass is 16.2. The molecule has 2 aromatic carbocycles. The molecule has 0 aliphatic heterocycles. The van der Waals surface area contributed by atoms with Crippen molar-refractivity contribution in [2.24, 2.45) is 5.11 Å². The van der Waals surface area contributed by atoms with Gasteiger partial charge in [-0.15, -0.1) is 0 Å². The van der Waals surface area contributed by atoms with E-state index in [1.54, 1.807) is 24.3 Å². The molecule has 21 heavy (non-hydrogen) atoms. The van der Waals surface area contributed by atoms with E-state index in [2.05, 4.69) is 20.9 Å². The molecule has 6 heteroatoms. The van der Waals surface area contributed by atoms with Crippen molar-refractivity contribution < 1.29 is 4.79 Å². The normalized spacial score (nSPS) is 9.62. The molecule has 0 saturated heterocycles. The average Bonchev–Trinajstić information content (AvgIpc) is 2.47. The summed E-state index contributed by atoms with van der Waals surface area (Å²) < 4.78 is 0. The molecule has 0 fully saturated rings. The maximum absolute atomic E-state index is 12.2. The number of hydrogen-bond donors (Lipinski definition) is 2. The van der Waals surface area contributed by atoms with Crippen molar-refractivity contribution in [3.05, 3.63) is 69.6 Å². The van der Waals surface area contributed by atoms with Gasteiger partial charge in [-0.25, -0.2) is 0 Å². The van der Waals surface area contributed by atoms with Crippen molar-refractivity contribution in [2.45, 2.75) is 13.8 Å². The van der Waals surface area contributed by atoms with Gasteiger partial charge in [0.2, 0.25) is 0 Å². The van der Waals surface area contributed by atoms with Crippen LogP contribution in [0.3, 0.4) is 0 Å². The first kappa shape index (κ1) is 14.4. The fourth-order valence-electron chi connectivity index (χ4n) is 2.00. The van der Waals surface area contributed by atoms with Crippen LogP contribution < -0.4 is 10.9 Å². The van der Waals surface area contributed by atoms with Crippen LogP contribution in [0.2, 0.25) is 0 Å². The molecule has 1 amide bonds. The SMILES string of the molecule is Cc1cccc(C)c1NNC(=O)c1ccccc1N=[N+]=[N-]. The smallest absolute Gasteiger partial charge is 0.270 e. The van der Waals surface area contributed by atoms with Crippen LogP contribution in [0.1, 0.15) is 21.5 Å². The van der Waals surface area contributed by atoms with Crippen molar-refractivity contribution in [1.29, 1.82) is 0 Å². The summed E-state index contributed by atoms with van der Waals surface area (Å²) in [6.07, 6.45) is 0. The zero-order chi connectivity index (χ0) is 15.2. The summed E-state index contributed by atoms with van der Waals surface area (Å²) in [7, 11) is 0. The first-order chi connectivity index (χ1) is 10.1. The Kier molecular flexibility index (Phi) is 4.43. The molecule has 6 nitrogen and oxygen atoms in total. The first-order valence-electron chi connectivity index (χ1n) is 6.40. The number of azide groups is 1. The first-order valence-corrected chi connectivity index (χ1v) is 6.40. The number of nitrogens with zero attached hydrogens (tertiary/aromatic N) is 3. The van der Waals surface area contributed by atoms with Crippen LogP contribution in [0, 0.1) is 13.8 Å². The van der Waals surface area contributed by atoms with Gasteiger partial charge in [0.1, 0.15) is 0 Å². The summed E-state index contributed by atoms with van der Waals surface area (Å²) in [6.45, 7) is 3.91. The van der Waals surface area contributed by atoms with Crippen LogP contribution in [0.25, 0.3) is 10.4 Å². The highest BCUT2D eigenvalue weighted by Crippen LogP contribution is 2.20. The second kappa shape index (κ2) is 6.45. The summed E-state index contributed by atoms with van der Waals surface area (Å²) in [5.41, 5.74) is 17.6. The second-order valence-corrected chi connectivity index (χ2v) is 4.55. The van der Waals surface area contributed by atoms with Gasteiger partial charge in [0.25, 0.3) is 5.91 Å². The Morgan fingerprint density at radius 2 is 1.76 bits per heavy atom. The van der Waals surface area contributed by atoms with Gasteiger partial charge in [0.05, 0.1) is 16.9 Å². The zero-order valence-corrected chi connectivity index (χ0v) is 11.8. The number of carbonyl (C=O) groups is 1. The van der Waals surface area contributed by atoms with Gasteiger partial charge in [0, 0.05) is 4.91 Å². The topological polar surface area (TPSA) is 89.9 Å². The number of hydrazine groups is 1. The number of nitrogens with one attached hydrogen (secondary N) is 2. The molecule has 0 unspecified atom stereocenters. The molecule has 0 saturated carbocycles. The van der Waals surface area contributed by atoms with Crippen molar-refractivity contribution in [3.8, 4) is 0 Å². The number of hydrogen-bond acceptors (Lipinski definition) is 3. The molecule has 0 atom stereocenters. The number of anilines is 1. The fraction of sp³-hybridized carbons (Fsp3) is 0.133. The van der Waals surface area contributed by atoms with E-state index in [4.69, 9.17) is 5.53 Å². The van der Waals surface area contributed by atoms with Crippen LogP contribution in [0.5, 0.6) is 0 Å². The van der Waals surface area contributed by atoms with Crippen LogP contribution in [0.15, 0.2) is 47.6 Å². The third-order valence-electron chi connectivity index (χ3n) is 3.08. The van der Waals surface area contributed by atoms with Gasteiger partial charge in [-0.2, -0.15) is 0 Å². The number of amides is 1. The summed E-state index contributed by atoms with van der Waals surface area (Å²) >= 11 is 0. The molecule has 0 aromatic heterocycles. The van der Waals surface area contributed by atoms with Gasteiger partial charge >= 0.3 is 0 Å². The van der Waals surface area contributed by atoms with Gasteiger partial charge in [-0.05, 0) is 36.6 Å². The minimum atomic E-state index is -0.361. The Bertz CT molecular complexity index is 700. The predicted octanol–water partition coefficient (Wildman–Crippen LogP) is 4.00. The fourth-order valence-corrected chi connectivity index (χ4v) is 2.00. The molecular weight excluding hydrogens is 266 g/mol. The van der Waals surface area contributed by atoms with Crippen molar-refractivity contribution in [3.63, 3.8) is 0 Å². The number of aryl methyl sites for hydroxylation is 2. The predicted molar refractivity (Wildman–Crippen MR) is 82.3 cm³/mol. The third kappa shape index (κ3) is 3.32. The van der Waals surface area contributed by atoms with E-state index in [9.17, 15) is 4.79 Å². The van der Waals surface area contributed by atoms with Crippen LogP contribution >= 0.6 is 0 Å². The molecule has 2 rings (SSSR count). The van der Waals surface area contributed by atoms with Crippen molar-refractivity contribution in [2.75, 3.05) is 5.43 Å². The largest absolute Gasteiger partial charge is 0.298 e. The standard InChI is InChI=1S/C15H15N5O/c1-10-6-5-7-11(2)14(10)18-19-15(21)12-8-3-4-9-13(12)17-20-16/h3-9,18H,1-2H3,(H,19,21). The van der Waals surface area contributed by atoms with E-state index < -0.39 is 0 Å². The minimum Gasteiger partial charge on any atom is -0.298 e. The van der Waals surface area contributed by atoms with Crippen molar-refractivity contribution in [1.82, 2.24) is 5.43 Å². The highest BCUT2D eigenvalue weighted by molar-refractivity contribution is 5.99. The van der Waals surface area contributed by atoms with E-state index >= 15 is 0 Å². The van der Waals surface area contributed by atoms with Crippen molar-refractivity contribution >= 4 is 17.3 Å². The maximum Gasteiger partial charge on any atom is 0.270 e. The number of rotatable bonds is 4. The molecule has 0 radical (unpaired) electrons. The molecule has 0 aliphatic carbocycles. The summed E-state index contributed by atoms with van der Waals surface area (Å²) in [6, 6.07) is 12.5. The quantitative estimate of drug-likeness (QED) is 0.384. The number of para-hydroxylation sites is 1. The Labute approximate surface area is 122 Å². The van der Waals surface area contributed by atoms with E-state index in [-0.39, 0.29) is 5.91 Å². The Morgan fingerprint density at radius 1 is 1.10 bits per heavy atom. The lowest BCUT2D eigenvalue weighted by molar-refractivity contribution is 0.0963. The second-order valence-electron chi connectivity index (χ2n) is 4.55. The Balaban J connectivity index is 2.18. The van der Waals surface area contributed by atoms with E-state index in [1.165, 1.54) is 0 Å². The van der Waals surface area contributed by atoms with E-state index in [1.807, 2.05) is 32.0 Å². The van der Waals surface area contributed by atoms with Crippen LogP contribution in [-0.2, 0) is 0 Å². The van der Waals surface area contributed by atoms with E-state index in [0.717, 1.165) is 16.8 Å². The molecular formula is C15H15N5O. The van der Waals surface area contributed by atoms with Gasteiger partial charge in [-0.3, -0.25) is 15.6 Å². The summed E-state index contributed by atoms with van der Waals surface area (Å²) in [5, 5.41) is 3.51. The molecule has 106 valence electrons. The maximum atomic E-state index is 12.2. The lowest BCUT2D eigenvalue weighted by Gasteiger charge is -2.14. The Morgan fingerprint density at radius 3 is 2.43 bits per heavy atom. The highest BCUT2D eigenvalue weighted by Gasteiger charge is 2.10. The number of benzene rings is 2. The molecule has 0 heterocycles. The van der Waals surface area contributed by atoms with Crippen LogP contribution in [-0.4, -0.2) is 5.91 Å². The lowest BCUT2D eigenvalue weighted by Crippen LogP contribution is -2.30. The Hall–Kier alpha value is -2.98. The van der Waals surface area contributed by atoms with Gasteiger partial charge in [0.15, 0.2) is 0 Å². The number of carbonyl (C=O) groups excluding carboxylic acids is 1. The zero-order valence-electron chi connectivity index (χ0n) is 11.8. The van der Waals surface area contributed by atoms with Gasteiger partial charge < -0.3 is 0 Å². The lowest BCUT2D eigenvalue weighted by atomic mass is 10.1. The van der Waals surface area contributed by atoms with Gasteiger partial charge in [-0.1, -0.05) is 41.5 Å². The average molecular weight is 281 g/mol. The molecule has 0 spiro atoms. The van der Waals surface area contributed by atoms with E-state index in [0.29, 0.717) is 11.3 Å². The molecule has 2 N–H and O–H groups in total. The third-order valence-corrected chi connectivity index (χ3v) is 3.08.